The Bertz CT molecular complexity index is 734. The Morgan fingerprint density at radius 2 is 1.93 bits per heavy atom. The van der Waals surface area contributed by atoms with Crippen LogP contribution in [0, 0.1) is 23.6 Å². The summed E-state index contributed by atoms with van der Waals surface area (Å²) >= 11 is 0. The summed E-state index contributed by atoms with van der Waals surface area (Å²) in [5, 5.41) is 0. The number of hydrogen-bond donors (Lipinski definition) is 0. The first kappa shape index (κ1) is 19.4. The molecule has 1 saturated carbocycles. The number of amides is 2. The number of rotatable bonds is 4. The van der Waals surface area contributed by atoms with Gasteiger partial charge in [0.25, 0.3) is 0 Å². The van der Waals surface area contributed by atoms with Crippen LogP contribution in [-0.2, 0) is 14.3 Å². The molecule has 2 aliphatic heterocycles. The average Bonchev–Trinajstić information content (AvgIpc) is 3.26. The molecule has 4 rings (SSSR count). The fourth-order valence-electron chi connectivity index (χ4n) is 5.41. The van der Waals surface area contributed by atoms with Gasteiger partial charge in [-0.25, -0.2) is 4.39 Å². The zero-order chi connectivity index (χ0) is 19.7. The van der Waals surface area contributed by atoms with E-state index in [1.165, 1.54) is 25.7 Å². The molecule has 1 aromatic carbocycles. The summed E-state index contributed by atoms with van der Waals surface area (Å²) in [6.07, 6.45) is 5.50. The van der Waals surface area contributed by atoms with Crippen molar-refractivity contribution < 1.29 is 18.7 Å². The van der Waals surface area contributed by atoms with E-state index in [0.29, 0.717) is 19.6 Å². The van der Waals surface area contributed by atoms with Crippen LogP contribution in [0.15, 0.2) is 24.3 Å². The van der Waals surface area contributed by atoms with Crippen LogP contribution in [0.5, 0.6) is 0 Å². The van der Waals surface area contributed by atoms with Gasteiger partial charge in [-0.3, -0.25) is 9.59 Å². The van der Waals surface area contributed by atoms with E-state index < -0.39 is 0 Å². The minimum Gasteiger partial charge on any atom is -0.375 e. The number of methoxy groups -OCH3 is 1. The maximum absolute atomic E-state index is 13.9. The Kier molecular flexibility index (Phi) is 5.67. The molecule has 2 amide bonds. The molecule has 3 atom stereocenters. The topological polar surface area (TPSA) is 49.9 Å². The highest BCUT2D eigenvalue weighted by Gasteiger charge is 2.50. The number of likely N-dealkylation sites (tertiary alicyclic amines) is 2. The van der Waals surface area contributed by atoms with Crippen LogP contribution >= 0.6 is 0 Å². The molecule has 2 heterocycles. The van der Waals surface area contributed by atoms with Gasteiger partial charge in [0.1, 0.15) is 12.4 Å². The molecule has 1 aliphatic carbocycles. The number of carbonyl (C=O) groups excluding carboxylic acids is 2. The van der Waals surface area contributed by atoms with Gasteiger partial charge in [0.05, 0.1) is 6.04 Å². The second kappa shape index (κ2) is 8.19. The van der Waals surface area contributed by atoms with E-state index in [9.17, 15) is 14.0 Å². The third kappa shape index (κ3) is 3.66. The van der Waals surface area contributed by atoms with Gasteiger partial charge in [0, 0.05) is 44.5 Å². The molecule has 0 unspecified atom stereocenters. The maximum Gasteiger partial charge on any atom is 0.249 e. The highest BCUT2D eigenvalue weighted by Crippen LogP contribution is 2.45. The molecule has 0 radical (unpaired) electrons. The minimum absolute atomic E-state index is 0.0238. The van der Waals surface area contributed by atoms with Gasteiger partial charge in [-0.05, 0) is 30.5 Å². The maximum atomic E-state index is 13.9. The van der Waals surface area contributed by atoms with Crippen LogP contribution in [-0.4, -0.2) is 55.0 Å². The second-order valence-corrected chi connectivity index (χ2v) is 8.48. The van der Waals surface area contributed by atoms with Crippen molar-refractivity contribution in [3.8, 4) is 0 Å². The molecular weight excluding hydrogens is 359 g/mol. The summed E-state index contributed by atoms with van der Waals surface area (Å²) in [5.74, 6) is 0.453. The number of nitrogens with zero attached hydrogens (tertiary/aromatic N) is 2. The van der Waals surface area contributed by atoms with Gasteiger partial charge >= 0.3 is 0 Å². The molecule has 1 aromatic rings. The molecular formula is C22H29FN2O3. The molecule has 28 heavy (non-hydrogen) atoms. The van der Waals surface area contributed by atoms with Gasteiger partial charge in [-0.2, -0.15) is 0 Å². The first-order valence-electron chi connectivity index (χ1n) is 10.4. The Balaban J connectivity index is 1.55. The van der Waals surface area contributed by atoms with Crippen LogP contribution in [0.1, 0.15) is 43.7 Å². The largest absolute Gasteiger partial charge is 0.375 e. The van der Waals surface area contributed by atoms with Crippen LogP contribution in [0.25, 0.3) is 0 Å². The van der Waals surface area contributed by atoms with Gasteiger partial charge < -0.3 is 14.5 Å². The minimum atomic E-state index is -0.298. The summed E-state index contributed by atoms with van der Waals surface area (Å²) in [6.45, 7) is 1.97. The van der Waals surface area contributed by atoms with Gasteiger partial charge in [0.2, 0.25) is 11.8 Å². The summed E-state index contributed by atoms with van der Waals surface area (Å²) in [7, 11) is 1.51. The molecule has 0 aromatic heterocycles. The molecule has 2 saturated heterocycles. The number of benzene rings is 1. The number of fused-ring (bicyclic) bond motifs is 1. The molecule has 6 heteroatoms. The van der Waals surface area contributed by atoms with E-state index in [4.69, 9.17) is 4.74 Å². The van der Waals surface area contributed by atoms with E-state index in [0.717, 1.165) is 31.2 Å². The number of halogens is 1. The first-order chi connectivity index (χ1) is 13.6. The Labute approximate surface area is 165 Å². The summed E-state index contributed by atoms with van der Waals surface area (Å²) < 4.78 is 19.0. The van der Waals surface area contributed by atoms with Crippen LogP contribution in [0.4, 0.5) is 4.39 Å². The van der Waals surface area contributed by atoms with Crippen LogP contribution in [0.3, 0.4) is 0 Å². The Morgan fingerprint density at radius 3 is 2.64 bits per heavy atom. The second-order valence-electron chi connectivity index (χ2n) is 8.48. The standard InChI is InChI=1S/C22H29FN2O3/c1-28-14-20(26)25-12-17-11-24(22(27)15-6-3-2-4-7-15)13-19(17)21(25)16-8-5-9-18(23)10-16/h5,8-10,15,17,19,21H,2-4,6-7,11-14H2,1H3/t17-,19-,21+/m1/s1. The third-order valence-electron chi connectivity index (χ3n) is 6.71. The van der Waals surface area contributed by atoms with E-state index in [1.54, 1.807) is 6.07 Å². The van der Waals surface area contributed by atoms with Crippen molar-refractivity contribution in [3.63, 3.8) is 0 Å². The zero-order valence-corrected chi connectivity index (χ0v) is 16.5. The zero-order valence-electron chi connectivity index (χ0n) is 16.5. The fourth-order valence-corrected chi connectivity index (χ4v) is 5.41. The Morgan fingerprint density at radius 1 is 1.14 bits per heavy atom. The van der Waals surface area contributed by atoms with Crippen molar-refractivity contribution in [2.75, 3.05) is 33.4 Å². The number of ether oxygens (including phenoxy) is 1. The van der Waals surface area contributed by atoms with E-state index >= 15 is 0 Å². The molecule has 0 bridgehead atoms. The monoisotopic (exact) mass is 388 g/mol. The lowest BCUT2D eigenvalue weighted by atomic mass is 9.88. The highest BCUT2D eigenvalue weighted by molar-refractivity contribution is 5.80. The molecule has 3 fully saturated rings. The molecule has 0 spiro atoms. The summed E-state index contributed by atoms with van der Waals surface area (Å²) in [6, 6.07) is 6.31. The average molecular weight is 388 g/mol. The van der Waals surface area contributed by atoms with Crippen molar-refractivity contribution in [2.45, 2.75) is 38.1 Å². The Hall–Kier alpha value is -1.95. The van der Waals surface area contributed by atoms with Gasteiger partial charge in [-0.15, -0.1) is 0 Å². The van der Waals surface area contributed by atoms with Gasteiger partial charge in [0.15, 0.2) is 0 Å². The lowest BCUT2D eigenvalue weighted by Gasteiger charge is -2.31. The summed E-state index contributed by atoms with van der Waals surface area (Å²) in [5.41, 5.74) is 0.809. The van der Waals surface area contributed by atoms with E-state index in [2.05, 4.69) is 0 Å². The summed E-state index contributed by atoms with van der Waals surface area (Å²) in [4.78, 5) is 29.5. The predicted octanol–water partition coefficient (Wildman–Crippen LogP) is 3.01. The van der Waals surface area contributed by atoms with E-state index in [-0.39, 0.29) is 48.0 Å². The lowest BCUT2D eigenvalue weighted by molar-refractivity contribution is -0.137. The highest BCUT2D eigenvalue weighted by atomic mass is 19.1. The van der Waals surface area contributed by atoms with Crippen molar-refractivity contribution in [3.05, 3.63) is 35.6 Å². The smallest absolute Gasteiger partial charge is 0.249 e. The lowest BCUT2D eigenvalue weighted by Crippen LogP contribution is -2.40. The van der Waals surface area contributed by atoms with Crippen LogP contribution in [0.2, 0.25) is 0 Å². The normalized spacial score (nSPS) is 27.9. The van der Waals surface area contributed by atoms with Crippen molar-refractivity contribution in [1.29, 1.82) is 0 Å². The quantitative estimate of drug-likeness (QED) is 0.797. The van der Waals surface area contributed by atoms with E-state index in [1.807, 2.05) is 15.9 Å². The fraction of sp³-hybridized carbons (Fsp3) is 0.636. The van der Waals surface area contributed by atoms with Crippen molar-refractivity contribution in [1.82, 2.24) is 9.80 Å². The molecule has 152 valence electrons. The third-order valence-corrected chi connectivity index (χ3v) is 6.71. The van der Waals surface area contributed by atoms with Crippen molar-refractivity contribution >= 4 is 11.8 Å². The number of carbonyl (C=O) groups is 2. The van der Waals surface area contributed by atoms with Gasteiger partial charge in [-0.1, -0.05) is 31.4 Å². The van der Waals surface area contributed by atoms with Crippen LogP contribution < -0.4 is 0 Å². The SMILES string of the molecule is COCC(=O)N1C[C@H]2CN(C(=O)C3CCCCC3)C[C@H]2[C@@H]1c1cccc(F)c1. The van der Waals surface area contributed by atoms with Crippen molar-refractivity contribution in [2.24, 2.45) is 17.8 Å². The molecule has 0 N–H and O–H groups in total. The number of hydrogen-bond acceptors (Lipinski definition) is 3. The predicted molar refractivity (Wildman–Crippen MR) is 103 cm³/mol. The first-order valence-corrected chi connectivity index (χ1v) is 10.4. The molecule has 3 aliphatic rings. The molecule has 5 nitrogen and oxygen atoms in total.